The highest BCUT2D eigenvalue weighted by atomic mass is 35.5. The molecular weight excluding hydrogens is 381 g/mol. The topological polar surface area (TPSA) is 86.0 Å². The monoisotopic (exact) mass is 395 g/mol. The number of hydrogen-bond acceptors (Lipinski definition) is 6. The molecule has 8 heteroatoms. The van der Waals surface area contributed by atoms with Gasteiger partial charge in [-0.15, -0.1) is 0 Å². The van der Waals surface area contributed by atoms with Gasteiger partial charge in [0, 0.05) is 35.1 Å². The number of fused-ring (bicyclic) bond motifs is 1. The number of nitrogens with zero attached hydrogens (tertiary/aromatic N) is 3. The maximum atomic E-state index is 13.7. The normalized spacial score (nSPS) is 10.8. The van der Waals surface area contributed by atoms with E-state index in [2.05, 4.69) is 20.3 Å². The van der Waals surface area contributed by atoms with Gasteiger partial charge in [-0.05, 0) is 30.3 Å². The fourth-order valence-electron chi connectivity index (χ4n) is 2.67. The fraction of sp³-hybridized carbons (Fsp3) is 0.0500. The summed E-state index contributed by atoms with van der Waals surface area (Å²) in [5, 5.41) is 4.20. The van der Waals surface area contributed by atoms with Crippen molar-refractivity contribution in [2.24, 2.45) is 0 Å². The number of pyridine rings is 1. The van der Waals surface area contributed by atoms with Crippen LogP contribution in [0.2, 0.25) is 5.02 Å². The molecule has 2 aromatic heterocycles. The van der Waals surface area contributed by atoms with Gasteiger partial charge in [-0.3, -0.25) is 4.98 Å². The van der Waals surface area contributed by atoms with Crippen molar-refractivity contribution in [2.75, 3.05) is 11.1 Å². The minimum atomic E-state index is -0.518. The molecule has 0 amide bonds. The lowest BCUT2D eigenvalue weighted by Gasteiger charge is -2.12. The molecule has 2 aromatic carbocycles. The molecule has 0 saturated heterocycles. The maximum absolute atomic E-state index is 13.7. The Labute approximate surface area is 165 Å². The average molecular weight is 396 g/mol. The van der Waals surface area contributed by atoms with E-state index in [0.717, 1.165) is 5.56 Å². The Morgan fingerprint density at radius 1 is 1.14 bits per heavy atom. The largest absolute Gasteiger partial charge is 0.487 e. The van der Waals surface area contributed by atoms with Crippen LogP contribution in [0.1, 0.15) is 5.56 Å². The second-order valence-corrected chi connectivity index (χ2v) is 6.44. The van der Waals surface area contributed by atoms with Crippen LogP contribution in [-0.4, -0.2) is 15.0 Å². The van der Waals surface area contributed by atoms with Crippen molar-refractivity contribution >= 4 is 39.7 Å². The Morgan fingerprint density at radius 2 is 2.04 bits per heavy atom. The van der Waals surface area contributed by atoms with Gasteiger partial charge in [0.05, 0.1) is 16.2 Å². The molecule has 140 valence electrons. The Balaban J connectivity index is 1.55. The van der Waals surface area contributed by atoms with Gasteiger partial charge >= 0.3 is 0 Å². The first-order chi connectivity index (χ1) is 13.6. The summed E-state index contributed by atoms with van der Waals surface area (Å²) in [5.41, 5.74) is 7.79. The molecule has 0 aliphatic rings. The molecule has 0 aliphatic carbocycles. The summed E-state index contributed by atoms with van der Waals surface area (Å²) in [6.07, 6.45) is 4.79. The molecule has 0 unspecified atom stereocenters. The number of halogens is 2. The highest BCUT2D eigenvalue weighted by Gasteiger charge is 2.10. The predicted octanol–water partition coefficient (Wildman–Crippen LogP) is 4.72. The smallest absolute Gasteiger partial charge is 0.148 e. The van der Waals surface area contributed by atoms with Gasteiger partial charge in [-0.2, -0.15) is 0 Å². The average Bonchev–Trinajstić information content (AvgIpc) is 2.70. The van der Waals surface area contributed by atoms with Gasteiger partial charge in [0.15, 0.2) is 0 Å². The number of anilines is 3. The van der Waals surface area contributed by atoms with Crippen molar-refractivity contribution in [3.63, 3.8) is 0 Å². The third-order valence-electron chi connectivity index (χ3n) is 4.07. The van der Waals surface area contributed by atoms with E-state index >= 15 is 0 Å². The van der Waals surface area contributed by atoms with Crippen LogP contribution in [0, 0.1) is 5.82 Å². The van der Waals surface area contributed by atoms with Crippen LogP contribution in [0.25, 0.3) is 10.9 Å². The third kappa shape index (κ3) is 3.79. The van der Waals surface area contributed by atoms with Gasteiger partial charge in [0.2, 0.25) is 0 Å². The number of rotatable bonds is 5. The fourth-order valence-corrected chi connectivity index (χ4v) is 2.91. The van der Waals surface area contributed by atoms with Crippen molar-refractivity contribution in [1.82, 2.24) is 15.0 Å². The maximum Gasteiger partial charge on any atom is 0.148 e. The quantitative estimate of drug-likeness (QED) is 0.475. The van der Waals surface area contributed by atoms with Crippen molar-refractivity contribution in [1.29, 1.82) is 0 Å². The molecule has 0 spiro atoms. The first-order valence-corrected chi connectivity index (χ1v) is 8.76. The van der Waals surface area contributed by atoms with Crippen LogP contribution < -0.4 is 15.8 Å². The van der Waals surface area contributed by atoms with Crippen molar-refractivity contribution in [2.45, 2.75) is 6.61 Å². The second kappa shape index (κ2) is 7.66. The van der Waals surface area contributed by atoms with E-state index in [9.17, 15) is 4.39 Å². The summed E-state index contributed by atoms with van der Waals surface area (Å²) in [6, 6.07) is 11.8. The van der Waals surface area contributed by atoms with Gasteiger partial charge < -0.3 is 15.8 Å². The van der Waals surface area contributed by atoms with E-state index < -0.39 is 5.82 Å². The molecule has 0 bridgehead atoms. The summed E-state index contributed by atoms with van der Waals surface area (Å²) in [5.74, 6) is 0.530. The summed E-state index contributed by atoms with van der Waals surface area (Å²) < 4.78 is 19.4. The van der Waals surface area contributed by atoms with E-state index in [1.165, 1.54) is 18.5 Å². The first-order valence-electron chi connectivity index (χ1n) is 8.38. The Morgan fingerprint density at radius 3 is 2.82 bits per heavy atom. The lowest BCUT2D eigenvalue weighted by Crippen LogP contribution is -1.99. The SMILES string of the molecule is Nc1cc2c(Nc3ccc(OCc4cccnc4)c(Cl)c3)ncnc2cc1F. The van der Waals surface area contributed by atoms with Crippen molar-refractivity contribution in [3.8, 4) is 5.75 Å². The number of nitrogens with one attached hydrogen (secondary N) is 1. The molecule has 0 radical (unpaired) electrons. The standard InChI is InChI=1S/C20H15ClFN5O/c21-15-6-13(3-4-19(15)28-10-12-2-1-5-24-9-12)27-20-14-7-17(23)16(22)8-18(14)25-11-26-20/h1-9,11H,10,23H2,(H,25,26,27). The number of nitrogens with two attached hydrogens (primary N) is 1. The van der Waals surface area contributed by atoms with Crippen molar-refractivity contribution < 1.29 is 9.13 Å². The third-order valence-corrected chi connectivity index (χ3v) is 4.36. The molecule has 0 aliphatic heterocycles. The molecule has 0 atom stereocenters. The molecule has 0 fully saturated rings. The Hall–Kier alpha value is -3.45. The van der Waals surface area contributed by atoms with Crippen LogP contribution in [0.4, 0.5) is 21.6 Å². The zero-order valence-corrected chi connectivity index (χ0v) is 15.3. The van der Waals surface area contributed by atoms with Crippen LogP contribution in [0.5, 0.6) is 5.75 Å². The van der Waals surface area contributed by atoms with E-state index in [0.29, 0.717) is 39.8 Å². The van der Waals surface area contributed by atoms with Crippen LogP contribution >= 0.6 is 11.6 Å². The van der Waals surface area contributed by atoms with Crippen molar-refractivity contribution in [3.05, 3.63) is 77.6 Å². The molecule has 3 N–H and O–H groups in total. The minimum Gasteiger partial charge on any atom is -0.487 e. The van der Waals surface area contributed by atoms with Gasteiger partial charge in [-0.1, -0.05) is 17.7 Å². The predicted molar refractivity (Wildman–Crippen MR) is 107 cm³/mol. The van der Waals surface area contributed by atoms with E-state index in [-0.39, 0.29) is 5.69 Å². The van der Waals surface area contributed by atoms with E-state index in [1.54, 1.807) is 24.5 Å². The summed E-state index contributed by atoms with van der Waals surface area (Å²) in [7, 11) is 0. The molecular formula is C20H15ClFN5O. The zero-order valence-electron chi connectivity index (χ0n) is 14.6. The molecule has 4 aromatic rings. The summed E-state index contributed by atoms with van der Waals surface area (Å²) in [4.78, 5) is 12.3. The Bertz CT molecular complexity index is 1140. The Kier molecular flexibility index (Phi) is 4.90. The van der Waals surface area contributed by atoms with Crippen LogP contribution in [0.3, 0.4) is 0 Å². The highest BCUT2D eigenvalue weighted by Crippen LogP contribution is 2.31. The highest BCUT2D eigenvalue weighted by molar-refractivity contribution is 6.32. The zero-order chi connectivity index (χ0) is 19.5. The number of nitrogen functional groups attached to an aromatic ring is 1. The molecule has 2 heterocycles. The van der Waals surface area contributed by atoms with Crippen LogP contribution in [-0.2, 0) is 6.61 Å². The summed E-state index contributed by atoms with van der Waals surface area (Å²) in [6.45, 7) is 0.363. The second-order valence-electron chi connectivity index (χ2n) is 6.03. The van der Waals surface area contributed by atoms with E-state index in [4.69, 9.17) is 22.1 Å². The van der Waals surface area contributed by atoms with Gasteiger partial charge in [0.25, 0.3) is 0 Å². The molecule has 4 rings (SSSR count). The summed E-state index contributed by atoms with van der Waals surface area (Å²) >= 11 is 6.34. The van der Waals surface area contributed by atoms with Gasteiger partial charge in [-0.25, -0.2) is 14.4 Å². The number of ether oxygens (including phenoxy) is 1. The number of hydrogen-bond donors (Lipinski definition) is 2. The molecule has 6 nitrogen and oxygen atoms in total. The van der Waals surface area contributed by atoms with Crippen LogP contribution in [0.15, 0.2) is 61.2 Å². The molecule has 28 heavy (non-hydrogen) atoms. The minimum absolute atomic E-state index is 0.0301. The number of aromatic nitrogens is 3. The molecule has 0 saturated carbocycles. The number of benzene rings is 2. The lowest BCUT2D eigenvalue weighted by molar-refractivity contribution is 0.306. The van der Waals surface area contributed by atoms with E-state index in [1.807, 2.05) is 18.2 Å². The lowest BCUT2D eigenvalue weighted by atomic mass is 10.2. The first kappa shape index (κ1) is 17.9. The van der Waals surface area contributed by atoms with Gasteiger partial charge in [0.1, 0.15) is 30.3 Å².